The van der Waals surface area contributed by atoms with Gasteiger partial charge in [-0.25, -0.2) is 0 Å². The maximum Gasteiger partial charge on any atom is 0.416 e. The third kappa shape index (κ3) is 4.46. The molecule has 4 rings (SSSR count). The summed E-state index contributed by atoms with van der Waals surface area (Å²) in [5, 5.41) is 3.34. The normalized spacial score (nSPS) is 16.5. The standard InChI is InChI=1S/C23H23F3N4O2/c1-14(31)27-12-16-13-29-20(10-18(16)23(24,25)26)21-7-4-8-30(21)22(32)9-15-11-28-19-6-3-2-5-17(15)19/h2-3,5-6,10-11,13,21,28H,4,7-9,12H2,1H3,(H,27,31)/t21-/m1/s1. The van der Waals surface area contributed by atoms with Crippen molar-refractivity contribution in [1.29, 1.82) is 0 Å². The fourth-order valence-electron chi connectivity index (χ4n) is 4.22. The van der Waals surface area contributed by atoms with Gasteiger partial charge in [0.15, 0.2) is 0 Å². The second-order valence-corrected chi connectivity index (χ2v) is 7.96. The van der Waals surface area contributed by atoms with Crippen LogP contribution in [-0.2, 0) is 28.7 Å². The van der Waals surface area contributed by atoms with Crippen LogP contribution < -0.4 is 5.32 Å². The Bertz CT molecular complexity index is 1160. The summed E-state index contributed by atoms with van der Waals surface area (Å²) in [5.41, 5.74) is 1.05. The van der Waals surface area contributed by atoms with Crippen molar-refractivity contribution < 1.29 is 22.8 Å². The minimum atomic E-state index is -4.59. The molecule has 0 radical (unpaired) electrons. The lowest BCUT2D eigenvalue weighted by atomic mass is 10.0. The molecule has 3 aromatic rings. The Balaban J connectivity index is 1.58. The second kappa shape index (κ2) is 8.64. The molecule has 1 atom stereocenters. The van der Waals surface area contributed by atoms with Gasteiger partial charge in [0.1, 0.15) is 0 Å². The van der Waals surface area contributed by atoms with E-state index >= 15 is 0 Å². The van der Waals surface area contributed by atoms with Gasteiger partial charge >= 0.3 is 6.18 Å². The quantitative estimate of drug-likeness (QED) is 0.621. The van der Waals surface area contributed by atoms with Crippen molar-refractivity contribution >= 4 is 22.7 Å². The molecule has 1 aromatic carbocycles. The van der Waals surface area contributed by atoms with Crippen molar-refractivity contribution in [2.45, 2.75) is 44.9 Å². The van der Waals surface area contributed by atoms with Crippen LogP contribution in [0.15, 0.2) is 42.7 Å². The number of aromatic amines is 1. The number of benzene rings is 1. The topological polar surface area (TPSA) is 78.1 Å². The largest absolute Gasteiger partial charge is 0.416 e. The first kappa shape index (κ1) is 21.9. The third-order valence-corrected chi connectivity index (χ3v) is 5.77. The average molecular weight is 444 g/mol. The summed E-state index contributed by atoms with van der Waals surface area (Å²) in [5.74, 6) is -0.568. The zero-order chi connectivity index (χ0) is 22.9. The Morgan fingerprint density at radius 2 is 2.03 bits per heavy atom. The van der Waals surface area contributed by atoms with Crippen molar-refractivity contribution in [2.75, 3.05) is 6.54 Å². The molecular weight excluding hydrogens is 421 g/mol. The Hall–Kier alpha value is -3.36. The smallest absolute Gasteiger partial charge is 0.361 e. The minimum Gasteiger partial charge on any atom is -0.361 e. The van der Waals surface area contributed by atoms with E-state index in [0.29, 0.717) is 19.4 Å². The van der Waals surface area contributed by atoms with Gasteiger partial charge in [-0.05, 0) is 30.5 Å². The Morgan fingerprint density at radius 3 is 2.78 bits per heavy atom. The van der Waals surface area contributed by atoms with Crippen molar-refractivity contribution in [3.8, 4) is 0 Å². The fraction of sp³-hybridized carbons (Fsp3) is 0.348. The predicted molar refractivity (Wildman–Crippen MR) is 112 cm³/mol. The number of hydrogen-bond donors (Lipinski definition) is 2. The van der Waals surface area contributed by atoms with Crippen molar-refractivity contribution in [2.24, 2.45) is 0 Å². The summed E-state index contributed by atoms with van der Waals surface area (Å²) in [7, 11) is 0. The zero-order valence-electron chi connectivity index (χ0n) is 17.5. The molecule has 1 fully saturated rings. The molecule has 3 heterocycles. The molecule has 0 bridgehead atoms. The number of pyridine rings is 1. The number of fused-ring (bicyclic) bond motifs is 1. The molecule has 1 aliphatic heterocycles. The minimum absolute atomic E-state index is 0.105. The molecule has 168 valence electrons. The summed E-state index contributed by atoms with van der Waals surface area (Å²) in [6.45, 7) is 1.46. The molecule has 6 nitrogen and oxygen atoms in total. The monoisotopic (exact) mass is 444 g/mol. The highest BCUT2D eigenvalue weighted by atomic mass is 19.4. The molecule has 1 saturated heterocycles. The highest BCUT2D eigenvalue weighted by Gasteiger charge is 2.37. The van der Waals surface area contributed by atoms with E-state index in [1.807, 2.05) is 24.3 Å². The summed E-state index contributed by atoms with van der Waals surface area (Å²) >= 11 is 0. The van der Waals surface area contributed by atoms with Crippen molar-refractivity contribution in [3.05, 3.63) is 65.1 Å². The van der Waals surface area contributed by atoms with Crippen LogP contribution in [0.5, 0.6) is 0 Å². The first-order chi connectivity index (χ1) is 15.2. The van der Waals surface area contributed by atoms with Crippen molar-refractivity contribution in [3.63, 3.8) is 0 Å². The first-order valence-electron chi connectivity index (χ1n) is 10.4. The van der Waals surface area contributed by atoms with Crippen LogP contribution in [-0.4, -0.2) is 33.2 Å². The number of nitrogens with zero attached hydrogens (tertiary/aromatic N) is 2. The SMILES string of the molecule is CC(=O)NCc1cnc([C@H]2CCCN2C(=O)Cc2c[nH]c3ccccc23)cc1C(F)(F)F. The molecule has 0 spiro atoms. The molecule has 9 heteroatoms. The number of nitrogens with one attached hydrogen (secondary N) is 2. The summed E-state index contributed by atoms with van der Waals surface area (Å²) in [6, 6.07) is 8.16. The number of carbonyl (C=O) groups is 2. The summed E-state index contributed by atoms with van der Waals surface area (Å²) < 4.78 is 41.0. The first-order valence-corrected chi connectivity index (χ1v) is 10.4. The average Bonchev–Trinajstić information content (AvgIpc) is 3.39. The van der Waals surface area contributed by atoms with E-state index in [1.165, 1.54) is 6.92 Å². The van der Waals surface area contributed by atoms with E-state index < -0.39 is 23.7 Å². The zero-order valence-corrected chi connectivity index (χ0v) is 17.5. The maximum absolute atomic E-state index is 13.7. The molecule has 1 aliphatic rings. The summed E-state index contributed by atoms with van der Waals surface area (Å²) in [4.78, 5) is 33.2. The van der Waals surface area contributed by atoms with Crippen LogP contribution in [0.2, 0.25) is 0 Å². The number of halogens is 3. The number of H-pyrrole nitrogens is 1. The van der Waals surface area contributed by atoms with Gasteiger partial charge in [0.05, 0.1) is 23.7 Å². The van der Waals surface area contributed by atoms with Crippen LogP contribution in [0, 0.1) is 0 Å². The van der Waals surface area contributed by atoms with E-state index in [1.54, 1.807) is 11.1 Å². The lowest BCUT2D eigenvalue weighted by Gasteiger charge is -2.25. The predicted octanol–water partition coefficient (Wildman–Crippen LogP) is 4.12. The molecule has 32 heavy (non-hydrogen) atoms. The van der Waals surface area contributed by atoms with Gasteiger partial charge < -0.3 is 15.2 Å². The number of carbonyl (C=O) groups excluding carboxylic acids is 2. The van der Waals surface area contributed by atoms with Crippen LogP contribution in [0.3, 0.4) is 0 Å². The van der Waals surface area contributed by atoms with Gasteiger partial charge in [0.2, 0.25) is 11.8 Å². The lowest BCUT2D eigenvalue weighted by Crippen LogP contribution is -2.32. The molecular formula is C23H23F3N4O2. The number of rotatable bonds is 5. The number of para-hydroxylation sites is 1. The molecule has 2 N–H and O–H groups in total. The molecule has 0 unspecified atom stereocenters. The molecule has 2 aromatic heterocycles. The van der Waals surface area contributed by atoms with Gasteiger partial charge in [-0.1, -0.05) is 18.2 Å². The van der Waals surface area contributed by atoms with E-state index in [2.05, 4.69) is 15.3 Å². The Labute approximate surface area is 182 Å². The maximum atomic E-state index is 13.7. The highest BCUT2D eigenvalue weighted by molar-refractivity contribution is 5.89. The van der Waals surface area contributed by atoms with Gasteiger partial charge in [0, 0.05) is 48.9 Å². The number of hydrogen-bond acceptors (Lipinski definition) is 3. The van der Waals surface area contributed by atoms with Gasteiger partial charge in [0.25, 0.3) is 0 Å². The van der Waals surface area contributed by atoms with Crippen LogP contribution in [0.25, 0.3) is 10.9 Å². The van der Waals surface area contributed by atoms with E-state index in [9.17, 15) is 22.8 Å². The molecule has 2 amide bonds. The van der Waals surface area contributed by atoms with Crippen LogP contribution in [0.1, 0.15) is 48.2 Å². The van der Waals surface area contributed by atoms with E-state index in [-0.39, 0.29) is 30.1 Å². The van der Waals surface area contributed by atoms with Crippen LogP contribution >= 0.6 is 0 Å². The van der Waals surface area contributed by atoms with Crippen molar-refractivity contribution in [1.82, 2.24) is 20.2 Å². The fourth-order valence-corrected chi connectivity index (χ4v) is 4.22. The van der Waals surface area contributed by atoms with Gasteiger partial charge in [-0.15, -0.1) is 0 Å². The molecule has 0 saturated carbocycles. The summed E-state index contributed by atoms with van der Waals surface area (Å²) in [6.07, 6.45) is -0.245. The van der Waals surface area contributed by atoms with E-state index in [0.717, 1.165) is 28.7 Å². The number of amides is 2. The highest BCUT2D eigenvalue weighted by Crippen LogP contribution is 2.37. The third-order valence-electron chi connectivity index (χ3n) is 5.77. The Morgan fingerprint density at radius 1 is 1.25 bits per heavy atom. The second-order valence-electron chi connectivity index (χ2n) is 7.96. The van der Waals surface area contributed by atoms with Crippen LogP contribution in [0.4, 0.5) is 13.2 Å². The van der Waals surface area contributed by atoms with Gasteiger partial charge in [-0.3, -0.25) is 14.6 Å². The Kier molecular flexibility index (Phi) is 5.90. The van der Waals surface area contributed by atoms with E-state index in [4.69, 9.17) is 0 Å². The lowest BCUT2D eigenvalue weighted by molar-refractivity contribution is -0.138. The number of aromatic nitrogens is 2. The number of alkyl halides is 3. The number of likely N-dealkylation sites (tertiary alicyclic amines) is 1. The molecule has 0 aliphatic carbocycles. The van der Waals surface area contributed by atoms with Gasteiger partial charge in [-0.2, -0.15) is 13.2 Å².